The molecule has 1 aliphatic carbocycles. The monoisotopic (exact) mass is 553 g/mol. The Kier molecular flexibility index (Phi) is 6.43. The molecule has 3 aliphatic rings. The molecule has 0 unspecified atom stereocenters. The number of nitrogens with zero attached hydrogens (tertiary/aromatic N) is 5. The first-order valence-corrected chi connectivity index (χ1v) is 13.1. The van der Waals surface area contributed by atoms with Crippen LogP contribution in [0.25, 0.3) is 10.9 Å². The van der Waals surface area contributed by atoms with Crippen molar-refractivity contribution in [3.63, 3.8) is 0 Å². The van der Waals surface area contributed by atoms with E-state index >= 15 is 0 Å². The summed E-state index contributed by atoms with van der Waals surface area (Å²) >= 11 is 0. The molecule has 2 saturated heterocycles. The largest absolute Gasteiger partial charge is 0.463 e. The molecular weight excluding hydrogens is 518 g/mol. The van der Waals surface area contributed by atoms with Gasteiger partial charge in [0, 0.05) is 37.5 Å². The third-order valence-corrected chi connectivity index (χ3v) is 7.80. The number of halogens is 4. The highest BCUT2D eigenvalue weighted by Crippen LogP contribution is 2.60. The van der Waals surface area contributed by atoms with Gasteiger partial charge in [-0.25, -0.2) is 22.4 Å². The molecule has 1 aromatic heterocycles. The Morgan fingerprint density at radius 1 is 1.21 bits per heavy atom. The Balaban J connectivity index is 1.47. The maximum absolute atomic E-state index is 14.9. The molecule has 2 aliphatic heterocycles. The quantitative estimate of drug-likeness (QED) is 0.474. The highest BCUT2D eigenvalue weighted by atomic mass is 19.3. The van der Waals surface area contributed by atoms with Crippen molar-refractivity contribution in [1.82, 2.24) is 19.8 Å². The van der Waals surface area contributed by atoms with E-state index in [2.05, 4.69) is 9.97 Å². The lowest BCUT2D eigenvalue weighted by atomic mass is 9.97. The second-order valence-electron chi connectivity index (χ2n) is 12.7. The zero-order chi connectivity index (χ0) is 28.5. The van der Waals surface area contributed by atoms with Crippen LogP contribution in [0, 0.1) is 17.0 Å². The van der Waals surface area contributed by atoms with Crippen molar-refractivity contribution < 1.29 is 31.8 Å². The van der Waals surface area contributed by atoms with Crippen LogP contribution in [0.15, 0.2) is 12.1 Å². The van der Waals surface area contributed by atoms with Crippen molar-refractivity contribution in [2.75, 3.05) is 45.2 Å². The van der Waals surface area contributed by atoms with Crippen molar-refractivity contribution in [3.8, 4) is 6.01 Å². The molecule has 39 heavy (non-hydrogen) atoms. The summed E-state index contributed by atoms with van der Waals surface area (Å²) in [6, 6.07) is 1.41. The van der Waals surface area contributed by atoms with Gasteiger partial charge >= 0.3 is 12.1 Å². The first-order chi connectivity index (χ1) is 18.0. The smallest absolute Gasteiger partial charge is 0.411 e. The van der Waals surface area contributed by atoms with Gasteiger partial charge in [-0.05, 0) is 60.7 Å². The van der Waals surface area contributed by atoms with E-state index in [-0.39, 0.29) is 48.3 Å². The van der Waals surface area contributed by atoms with Crippen LogP contribution in [0.2, 0.25) is 0 Å². The van der Waals surface area contributed by atoms with Crippen molar-refractivity contribution in [2.45, 2.75) is 70.1 Å². The molecule has 0 radical (unpaired) electrons. The minimum absolute atomic E-state index is 0.104. The Bertz CT molecular complexity index is 1300. The predicted octanol–water partition coefficient (Wildman–Crippen LogP) is 4.85. The van der Waals surface area contributed by atoms with Gasteiger partial charge in [-0.2, -0.15) is 9.97 Å². The SMILES string of the molecule is CN(C)C[C@@]1(COc2nc(N3C[C@H]4CC[C@](C)(C3)N4C(=O)OC(C)(C)C)c3cc(F)cc(F)c3n2)CC1(F)F. The summed E-state index contributed by atoms with van der Waals surface area (Å²) < 4.78 is 69.2. The summed E-state index contributed by atoms with van der Waals surface area (Å²) in [5.74, 6) is -4.35. The summed E-state index contributed by atoms with van der Waals surface area (Å²) in [5.41, 5.74) is -2.81. The molecule has 12 heteroatoms. The van der Waals surface area contributed by atoms with Crippen LogP contribution in [0.1, 0.15) is 47.0 Å². The highest BCUT2D eigenvalue weighted by Gasteiger charge is 2.71. The molecule has 0 N–H and O–H groups in total. The second kappa shape index (κ2) is 9.07. The van der Waals surface area contributed by atoms with E-state index < -0.39 is 40.2 Å². The lowest BCUT2D eigenvalue weighted by Gasteiger charge is -2.47. The number of benzene rings is 1. The van der Waals surface area contributed by atoms with Crippen molar-refractivity contribution in [3.05, 3.63) is 23.8 Å². The van der Waals surface area contributed by atoms with Crippen LogP contribution in [-0.2, 0) is 4.74 Å². The fourth-order valence-electron chi connectivity index (χ4n) is 6.06. The van der Waals surface area contributed by atoms with Crippen LogP contribution in [0.4, 0.5) is 28.2 Å². The molecule has 2 aromatic rings. The maximum Gasteiger partial charge on any atom is 0.411 e. The van der Waals surface area contributed by atoms with Gasteiger partial charge in [-0.1, -0.05) is 0 Å². The number of piperazine rings is 1. The average Bonchev–Trinajstić information content (AvgIpc) is 3.24. The molecule has 0 spiro atoms. The Labute approximate surface area is 225 Å². The predicted molar refractivity (Wildman–Crippen MR) is 137 cm³/mol. The van der Waals surface area contributed by atoms with E-state index in [1.54, 1.807) is 23.9 Å². The van der Waals surface area contributed by atoms with Gasteiger partial charge in [0.15, 0.2) is 5.82 Å². The van der Waals surface area contributed by atoms with Gasteiger partial charge in [0.25, 0.3) is 5.92 Å². The number of fused-ring (bicyclic) bond motifs is 3. The van der Waals surface area contributed by atoms with Crippen molar-refractivity contribution in [2.24, 2.45) is 5.41 Å². The zero-order valence-electron chi connectivity index (χ0n) is 23.2. The van der Waals surface area contributed by atoms with E-state index in [1.165, 1.54) is 0 Å². The van der Waals surface area contributed by atoms with E-state index in [0.29, 0.717) is 19.5 Å². The normalized spacial score (nSPS) is 27.8. The number of alkyl halides is 2. The fraction of sp³-hybridized carbons (Fsp3) is 0.667. The van der Waals surface area contributed by atoms with E-state index in [0.717, 1.165) is 18.6 Å². The number of carbonyl (C=O) groups is 1. The summed E-state index contributed by atoms with van der Waals surface area (Å²) in [7, 11) is 3.41. The molecule has 3 heterocycles. The number of anilines is 1. The van der Waals surface area contributed by atoms with Crippen molar-refractivity contribution >= 4 is 22.8 Å². The number of carbonyl (C=O) groups excluding carboxylic acids is 1. The molecule has 1 aromatic carbocycles. The number of hydrogen-bond donors (Lipinski definition) is 0. The number of hydrogen-bond acceptors (Lipinski definition) is 7. The third kappa shape index (κ3) is 5.07. The number of ether oxygens (including phenoxy) is 2. The minimum atomic E-state index is -2.89. The fourth-order valence-corrected chi connectivity index (χ4v) is 6.06. The molecule has 8 nitrogen and oxygen atoms in total. The third-order valence-electron chi connectivity index (χ3n) is 7.80. The van der Waals surface area contributed by atoms with Gasteiger partial charge in [0.05, 0.1) is 17.0 Å². The summed E-state index contributed by atoms with van der Waals surface area (Å²) in [6.07, 6.45) is 0.705. The van der Waals surface area contributed by atoms with Gasteiger partial charge in [0.2, 0.25) is 0 Å². The number of rotatable bonds is 6. The van der Waals surface area contributed by atoms with Crippen LogP contribution >= 0.6 is 0 Å². The molecule has 1 amide bonds. The first kappa shape index (κ1) is 27.7. The second-order valence-corrected chi connectivity index (χ2v) is 12.7. The Morgan fingerprint density at radius 2 is 1.90 bits per heavy atom. The van der Waals surface area contributed by atoms with Crippen LogP contribution in [0.5, 0.6) is 6.01 Å². The summed E-state index contributed by atoms with van der Waals surface area (Å²) in [4.78, 5) is 27.0. The average molecular weight is 554 g/mol. The molecule has 3 fully saturated rings. The lowest BCUT2D eigenvalue weighted by molar-refractivity contribution is -0.00285. The standard InChI is InChI=1S/C27H35F4N5O3/c1-24(2,3)39-23(37)36-17-7-8-25(36,4)13-35(11-17)21-18-9-16(28)10-19(29)20(18)32-22(33-21)38-15-26(14-34(5)6)12-27(26,30)31/h9-10,17H,7-8,11-15H2,1-6H3/t17-,25-,26-/m1/s1. The van der Waals surface area contributed by atoms with Gasteiger partial charge in [0.1, 0.15) is 29.4 Å². The molecule has 2 bridgehead atoms. The summed E-state index contributed by atoms with van der Waals surface area (Å²) in [6.45, 7) is 7.81. The van der Waals surface area contributed by atoms with E-state index in [4.69, 9.17) is 9.47 Å². The zero-order valence-corrected chi connectivity index (χ0v) is 23.2. The minimum Gasteiger partial charge on any atom is -0.463 e. The molecule has 214 valence electrons. The van der Waals surface area contributed by atoms with Gasteiger partial charge in [-0.15, -0.1) is 0 Å². The van der Waals surface area contributed by atoms with E-state index in [1.807, 2.05) is 32.6 Å². The van der Waals surface area contributed by atoms with Crippen LogP contribution in [0.3, 0.4) is 0 Å². The van der Waals surface area contributed by atoms with Crippen molar-refractivity contribution in [1.29, 1.82) is 0 Å². The Morgan fingerprint density at radius 3 is 2.49 bits per heavy atom. The maximum atomic E-state index is 14.9. The molecule has 1 saturated carbocycles. The molecular formula is C27H35F4N5O3. The van der Waals surface area contributed by atoms with Crippen LogP contribution in [-0.4, -0.2) is 89.3 Å². The number of aromatic nitrogens is 2. The van der Waals surface area contributed by atoms with Gasteiger partial charge < -0.3 is 19.3 Å². The highest BCUT2D eigenvalue weighted by molar-refractivity contribution is 5.90. The molecule has 5 rings (SSSR count). The Hall–Kier alpha value is -2.89. The molecule has 3 atom stereocenters. The lowest BCUT2D eigenvalue weighted by Crippen LogP contribution is -2.63. The topological polar surface area (TPSA) is 71.0 Å². The van der Waals surface area contributed by atoms with E-state index in [9.17, 15) is 22.4 Å². The number of amides is 1. The first-order valence-electron chi connectivity index (χ1n) is 13.1. The summed E-state index contributed by atoms with van der Waals surface area (Å²) in [5, 5.41) is 0.147. The van der Waals surface area contributed by atoms with Crippen LogP contribution < -0.4 is 9.64 Å². The van der Waals surface area contributed by atoms with Gasteiger partial charge in [-0.3, -0.25) is 4.90 Å².